The molecule has 0 radical (unpaired) electrons. The third kappa shape index (κ3) is 2.77. The van der Waals surface area contributed by atoms with Crippen LogP contribution in [0, 0.1) is 0 Å². The molecule has 1 aromatic rings. The number of ether oxygens (including phenoxy) is 1. The quantitative estimate of drug-likeness (QED) is 0.686. The van der Waals surface area contributed by atoms with E-state index in [2.05, 4.69) is 5.32 Å². The van der Waals surface area contributed by atoms with E-state index in [1.165, 1.54) is 12.0 Å². The Bertz CT molecular complexity index is 584. The summed E-state index contributed by atoms with van der Waals surface area (Å²) in [5.41, 5.74) is 0.975. The van der Waals surface area contributed by atoms with Gasteiger partial charge in [-0.3, -0.25) is 9.69 Å². The largest absolute Gasteiger partial charge is 0.495 e. The number of carbonyl (C=O) groups excluding carboxylic acids is 2. The van der Waals surface area contributed by atoms with E-state index in [-0.39, 0.29) is 17.6 Å². The second-order valence-electron chi connectivity index (χ2n) is 4.34. The summed E-state index contributed by atoms with van der Waals surface area (Å²) in [5, 5.41) is 3.01. The Hall–Kier alpha value is -2.01. The maximum Gasteiger partial charge on any atom is 0.329 e. The Morgan fingerprint density at radius 1 is 1.40 bits per heavy atom. The van der Waals surface area contributed by atoms with Gasteiger partial charge in [0, 0.05) is 6.54 Å². The van der Waals surface area contributed by atoms with Gasteiger partial charge in [0.05, 0.1) is 12.1 Å². The minimum atomic E-state index is -0.386. The zero-order valence-corrected chi connectivity index (χ0v) is 12.0. The van der Waals surface area contributed by atoms with E-state index >= 15 is 0 Å². The summed E-state index contributed by atoms with van der Waals surface area (Å²) in [6.07, 6.45) is 2.32. The lowest BCUT2D eigenvalue weighted by Crippen LogP contribution is -2.31. The molecule has 0 saturated carbocycles. The molecule has 1 N–H and O–H groups in total. The van der Waals surface area contributed by atoms with Gasteiger partial charge in [-0.1, -0.05) is 24.6 Å². The first-order valence-electron chi connectivity index (χ1n) is 6.25. The number of benzene rings is 1. The maximum absolute atomic E-state index is 12.0. The van der Waals surface area contributed by atoms with Crippen LogP contribution in [0.3, 0.4) is 0 Å². The number of imide groups is 1. The van der Waals surface area contributed by atoms with E-state index in [4.69, 9.17) is 16.3 Å². The van der Waals surface area contributed by atoms with Crippen molar-refractivity contribution in [3.63, 3.8) is 0 Å². The van der Waals surface area contributed by atoms with E-state index < -0.39 is 0 Å². The highest BCUT2D eigenvalue weighted by molar-refractivity contribution is 6.32. The molecule has 0 aliphatic carbocycles. The van der Waals surface area contributed by atoms with Crippen LogP contribution in [-0.4, -0.2) is 30.5 Å². The minimum Gasteiger partial charge on any atom is -0.495 e. The van der Waals surface area contributed by atoms with Crippen LogP contribution in [-0.2, 0) is 4.79 Å². The van der Waals surface area contributed by atoms with Gasteiger partial charge in [-0.15, -0.1) is 0 Å². The summed E-state index contributed by atoms with van der Waals surface area (Å²) >= 11 is 6.02. The third-order valence-corrected chi connectivity index (χ3v) is 3.19. The van der Waals surface area contributed by atoms with Crippen molar-refractivity contribution in [2.24, 2.45) is 0 Å². The topological polar surface area (TPSA) is 58.6 Å². The van der Waals surface area contributed by atoms with Gasteiger partial charge >= 0.3 is 6.03 Å². The predicted molar refractivity (Wildman–Crippen MR) is 76.5 cm³/mol. The van der Waals surface area contributed by atoms with Crippen LogP contribution < -0.4 is 10.1 Å². The molecule has 0 bridgehead atoms. The minimum absolute atomic E-state index is 0.254. The second-order valence-corrected chi connectivity index (χ2v) is 4.75. The van der Waals surface area contributed by atoms with E-state index in [9.17, 15) is 9.59 Å². The van der Waals surface area contributed by atoms with E-state index in [1.54, 1.807) is 24.3 Å². The molecule has 1 aliphatic heterocycles. The van der Waals surface area contributed by atoms with Gasteiger partial charge < -0.3 is 10.1 Å². The Kier molecular flexibility index (Phi) is 4.29. The van der Waals surface area contributed by atoms with Crippen molar-refractivity contribution in [3.8, 4) is 5.75 Å². The van der Waals surface area contributed by atoms with Crippen LogP contribution in [0.4, 0.5) is 4.79 Å². The van der Waals surface area contributed by atoms with Crippen molar-refractivity contribution in [1.29, 1.82) is 0 Å². The number of hydrogen-bond acceptors (Lipinski definition) is 3. The molecule has 0 unspecified atom stereocenters. The Balaban J connectivity index is 2.26. The van der Waals surface area contributed by atoms with E-state index in [0.717, 1.165) is 12.0 Å². The highest BCUT2D eigenvalue weighted by Crippen LogP contribution is 2.26. The highest BCUT2D eigenvalue weighted by Gasteiger charge is 2.32. The molecule has 106 valence electrons. The molecule has 0 aromatic heterocycles. The summed E-state index contributed by atoms with van der Waals surface area (Å²) in [6.45, 7) is 2.32. The summed E-state index contributed by atoms with van der Waals surface area (Å²) in [7, 11) is 1.53. The molecule has 20 heavy (non-hydrogen) atoms. The molecule has 0 spiro atoms. The van der Waals surface area contributed by atoms with Crippen molar-refractivity contribution in [1.82, 2.24) is 10.2 Å². The van der Waals surface area contributed by atoms with Crippen LogP contribution >= 0.6 is 11.6 Å². The molecule has 0 atom stereocenters. The molecule has 5 nitrogen and oxygen atoms in total. The van der Waals surface area contributed by atoms with Crippen molar-refractivity contribution in [2.75, 3.05) is 13.7 Å². The zero-order valence-electron chi connectivity index (χ0n) is 11.3. The standard InChI is InChI=1S/C14H15ClN2O3/c1-3-6-17-13(18)11(16-14(17)19)8-9-4-5-12(20-2)10(15)7-9/h4-5,7-8H,3,6H2,1-2H3,(H,16,19)/b11-8+. The van der Waals surface area contributed by atoms with Crippen LogP contribution in [0.1, 0.15) is 18.9 Å². The monoisotopic (exact) mass is 294 g/mol. The molecule has 1 saturated heterocycles. The van der Waals surface area contributed by atoms with Gasteiger partial charge in [-0.05, 0) is 30.2 Å². The zero-order chi connectivity index (χ0) is 14.7. The number of amides is 3. The van der Waals surface area contributed by atoms with Gasteiger partial charge in [0.15, 0.2) is 0 Å². The summed E-state index contributed by atoms with van der Waals surface area (Å²) < 4.78 is 5.06. The SMILES string of the molecule is CCCN1C(=O)N/C(=C/c2ccc(OC)c(Cl)c2)C1=O. The molecular formula is C14H15ClN2O3. The first kappa shape index (κ1) is 14.4. The van der Waals surface area contributed by atoms with Crippen molar-refractivity contribution < 1.29 is 14.3 Å². The average Bonchev–Trinajstić information content (AvgIpc) is 2.67. The molecule has 1 aliphatic rings. The first-order chi connectivity index (χ1) is 9.56. The number of halogens is 1. The number of hydrogen-bond donors (Lipinski definition) is 1. The Morgan fingerprint density at radius 2 is 2.15 bits per heavy atom. The predicted octanol–water partition coefficient (Wildman–Crippen LogP) is 2.65. The average molecular weight is 295 g/mol. The highest BCUT2D eigenvalue weighted by atomic mass is 35.5. The summed E-state index contributed by atoms with van der Waals surface area (Å²) in [5.74, 6) is 0.243. The fourth-order valence-electron chi connectivity index (χ4n) is 1.94. The number of carbonyl (C=O) groups is 2. The van der Waals surface area contributed by atoms with Gasteiger partial charge in [0.25, 0.3) is 5.91 Å². The fourth-order valence-corrected chi connectivity index (χ4v) is 2.20. The molecule has 1 aromatic carbocycles. The lowest BCUT2D eigenvalue weighted by atomic mass is 10.2. The number of methoxy groups -OCH3 is 1. The third-order valence-electron chi connectivity index (χ3n) is 2.90. The van der Waals surface area contributed by atoms with Gasteiger partial charge in [-0.25, -0.2) is 4.79 Å². The van der Waals surface area contributed by atoms with Crippen molar-refractivity contribution in [3.05, 3.63) is 34.5 Å². The van der Waals surface area contributed by atoms with Crippen LogP contribution in [0.15, 0.2) is 23.9 Å². The van der Waals surface area contributed by atoms with E-state index in [1.807, 2.05) is 6.92 Å². The molecule has 1 fully saturated rings. The number of nitrogens with zero attached hydrogens (tertiary/aromatic N) is 1. The van der Waals surface area contributed by atoms with E-state index in [0.29, 0.717) is 17.3 Å². The number of nitrogens with one attached hydrogen (secondary N) is 1. The van der Waals surface area contributed by atoms with Crippen molar-refractivity contribution >= 4 is 29.6 Å². The maximum atomic E-state index is 12.0. The number of urea groups is 1. The molecule has 6 heteroatoms. The van der Waals surface area contributed by atoms with Gasteiger partial charge in [0.1, 0.15) is 11.4 Å². The first-order valence-corrected chi connectivity index (χ1v) is 6.62. The summed E-state index contributed by atoms with van der Waals surface area (Å²) in [4.78, 5) is 24.9. The normalized spacial score (nSPS) is 16.8. The van der Waals surface area contributed by atoms with Gasteiger partial charge in [0.2, 0.25) is 0 Å². The fraction of sp³-hybridized carbons (Fsp3) is 0.286. The van der Waals surface area contributed by atoms with Crippen LogP contribution in [0.25, 0.3) is 6.08 Å². The lowest BCUT2D eigenvalue weighted by Gasteiger charge is -2.08. The molecule has 3 amide bonds. The number of rotatable bonds is 4. The molecule has 2 rings (SSSR count). The molecular weight excluding hydrogens is 280 g/mol. The second kappa shape index (κ2) is 5.96. The summed E-state index contributed by atoms with van der Waals surface area (Å²) in [6, 6.07) is 4.76. The lowest BCUT2D eigenvalue weighted by molar-refractivity contribution is -0.122. The smallest absolute Gasteiger partial charge is 0.329 e. The van der Waals surface area contributed by atoms with Crippen LogP contribution in [0.2, 0.25) is 5.02 Å². The Morgan fingerprint density at radius 3 is 2.75 bits per heavy atom. The van der Waals surface area contributed by atoms with Crippen LogP contribution in [0.5, 0.6) is 5.75 Å². The molecule has 1 heterocycles. The van der Waals surface area contributed by atoms with Gasteiger partial charge in [-0.2, -0.15) is 0 Å². The Labute approximate surface area is 122 Å². The van der Waals surface area contributed by atoms with Crippen molar-refractivity contribution in [2.45, 2.75) is 13.3 Å².